The molecule has 3 atom stereocenters. The van der Waals surface area contributed by atoms with E-state index in [0.717, 1.165) is 12.8 Å². The van der Waals surface area contributed by atoms with E-state index < -0.39 is 6.10 Å². The van der Waals surface area contributed by atoms with E-state index >= 15 is 0 Å². The minimum atomic E-state index is -0.698. The Labute approximate surface area is 118 Å². The van der Waals surface area contributed by atoms with E-state index in [2.05, 4.69) is 0 Å². The summed E-state index contributed by atoms with van der Waals surface area (Å²) in [6.07, 6.45) is 0.863. The molecular weight excluding hydrogens is 259 g/mol. The van der Waals surface area contributed by atoms with Crippen molar-refractivity contribution >= 4 is 11.6 Å². The topological polar surface area (TPSA) is 66.6 Å². The van der Waals surface area contributed by atoms with E-state index in [0.29, 0.717) is 17.8 Å². The molecule has 3 N–H and O–H groups in total. The Balaban J connectivity index is 2.27. The zero-order chi connectivity index (χ0) is 14.9. The van der Waals surface area contributed by atoms with Crippen molar-refractivity contribution in [3.63, 3.8) is 0 Å². The number of rotatable bonds is 3. The first-order chi connectivity index (χ1) is 9.40. The molecule has 1 aliphatic rings. The van der Waals surface area contributed by atoms with Crippen LogP contribution in [-0.2, 0) is 4.79 Å². The summed E-state index contributed by atoms with van der Waals surface area (Å²) in [6.45, 7) is 4.06. The zero-order valence-electron chi connectivity index (χ0n) is 11.8. The Hall–Kier alpha value is -1.62. The fraction of sp³-hybridized carbons (Fsp3) is 0.533. The number of carbonyl (C=O) groups excluding carboxylic acids is 1. The van der Waals surface area contributed by atoms with Crippen molar-refractivity contribution in [1.29, 1.82) is 0 Å². The third-order valence-corrected chi connectivity index (χ3v) is 4.05. The number of carbonyl (C=O) groups is 1. The van der Waals surface area contributed by atoms with Crippen LogP contribution in [-0.4, -0.2) is 23.6 Å². The van der Waals surface area contributed by atoms with E-state index in [4.69, 9.17) is 5.73 Å². The molecule has 0 radical (unpaired) electrons. The van der Waals surface area contributed by atoms with Crippen LogP contribution in [0.25, 0.3) is 0 Å². The third kappa shape index (κ3) is 2.93. The summed E-state index contributed by atoms with van der Waals surface area (Å²) in [5.41, 5.74) is 6.37. The lowest BCUT2D eigenvalue weighted by Crippen LogP contribution is -2.46. The number of nitrogens with two attached hydrogens (primary N) is 1. The Kier molecular flexibility index (Phi) is 4.28. The third-order valence-electron chi connectivity index (χ3n) is 4.05. The fourth-order valence-electron chi connectivity index (χ4n) is 2.69. The van der Waals surface area contributed by atoms with Gasteiger partial charge < -0.3 is 15.7 Å². The van der Waals surface area contributed by atoms with Crippen molar-refractivity contribution in [1.82, 2.24) is 0 Å². The molecular formula is C15H21FN2O2. The molecule has 0 spiro atoms. The second kappa shape index (κ2) is 5.79. The van der Waals surface area contributed by atoms with E-state index in [1.165, 1.54) is 6.07 Å². The number of nitrogens with zero attached hydrogens (tertiary/aromatic N) is 1. The molecule has 5 heteroatoms. The van der Waals surface area contributed by atoms with Crippen molar-refractivity contribution in [2.45, 2.75) is 38.8 Å². The predicted molar refractivity (Wildman–Crippen MR) is 75.8 cm³/mol. The predicted octanol–water partition coefficient (Wildman–Crippen LogP) is 1.97. The summed E-state index contributed by atoms with van der Waals surface area (Å²) in [6, 6.07) is 4.89. The Morgan fingerprint density at radius 3 is 2.75 bits per heavy atom. The van der Waals surface area contributed by atoms with Gasteiger partial charge in [0.05, 0.1) is 17.7 Å². The molecule has 2 unspecified atom stereocenters. The maximum Gasteiger partial charge on any atom is 0.222 e. The second-order valence-electron chi connectivity index (χ2n) is 5.56. The highest BCUT2D eigenvalue weighted by Crippen LogP contribution is 2.30. The summed E-state index contributed by atoms with van der Waals surface area (Å²) in [5.74, 6) is -0.940. The van der Waals surface area contributed by atoms with Crippen LogP contribution < -0.4 is 10.6 Å². The summed E-state index contributed by atoms with van der Waals surface area (Å²) in [5, 5.41) is 9.47. The van der Waals surface area contributed by atoms with Crippen LogP contribution in [0.2, 0.25) is 0 Å². The number of amides is 1. The summed E-state index contributed by atoms with van der Waals surface area (Å²) in [4.78, 5) is 13.2. The van der Waals surface area contributed by atoms with Gasteiger partial charge in [0.15, 0.2) is 0 Å². The molecule has 0 saturated carbocycles. The number of benzene rings is 1. The second-order valence-corrected chi connectivity index (χ2v) is 5.56. The number of piperidine rings is 1. The van der Waals surface area contributed by atoms with Crippen LogP contribution in [0.5, 0.6) is 0 Å². The standard InChI is InChI=1S/C15H21FN2O2/c1-9-3-4-12(15(17)20)8-18(9)14-6-5-11(10(2)19)7-13(14)16/h5-7,9-10,12,19H,3-4,8H2,1-2H3,(H2,17,20)/t9?,10-,12?/m0/s1. The molecule has 1 amide bonds. The van der Waals surface area contributed by atoms with Gasteiger partial charge in [0.1, 0.15) is 5.82 Å². The number of aliphatic hydroxyl groups excluding tert-OH is 1. The highest BCUT2D eigenvalue weighted by molar-refractivity contribution is 5.77. The van der Waals surface area contributed by atoms with Gasteiger partial charge in [-0.15, -0.1) is 0 Å². The molecule has 1 saturated heterocycles. The van der Waals surface area contributed by atoms with Gasteiger partial charge in [0.2, 0.25) is 5.91 Å². The molecule has 1 aromatic rings. The number of primary amides is 1. The monoisotopic (exact) mass is 280 g/mol. The molecule has 0 aromatic heterocycles. The minimum absolute atomic E-state index is 0.164. The number of hydrogen-bond acceptors (Lipinski definition) is 3. The molecule has 0 aliphatic carbocycles. The van der Waals surface area contributed by atoms with Crippen molar-refractivity contribution in [2.24, 2.45) is 11.7 Å². The van der Waals surface area contributed by atoms with Gasteiger partial charge in [-0.05, 0) is 44.4 Å². The lowest BCUT2D eigenvalue weighted by atomic mass is 9.92. The lowest BCUT2D eigenvalue weighted by molar-refractivity contribution is -0.122. The first-order valence-electron chi connectivity index (χ1n) is 6.93. The summed E-state index contributed by atoms with van der Waals surface area (Å²) in [7, 11) is 0. The maximum absolute atomic E-state index is 14.2. The normalized spacial score (nSPS) is 24.5. The Morgan fingerprint density at radius 1 is 1.50 bits per heavy atom. The average Bonchev–Trinajstić information content (AvgIpc) is 2.39. The number of halogens is 1. The first-order valence-corrected chi connectivity index (χ1v) is 6.93. The molecule has 110 valence electrons. The fourth-order valence-corrected chi connectivity index (χ4v) is 2.69. The SMILES string of the molecule is CC1CCC(C(N)=O)CN1c1ccc([C@H](C)O)cc1F. The highest BCUT2D eigenvalue weighted by atomic mass is 19.1. The number of hydrogen-bond donors (Lipinski definition) is 2. The Morgan fingerprint density at radius 2 is 2.20 bits per heavy atom. The van der Waals surface area contributed by atoms with Gasteiger partial charge in [-0.2, -0.15) is 0 Å². The van der Waals surface area contributed by atoms with Gasteiger partial charge in [0, 0.05) is 12.6 Å². The van der Waals surface area contributed by atoms with E-state index in [-0.39, 0.29) is 23.7 Å². The molecule has 1 aromatic carbocycles. The van der Waals surface area contributed by atoms with Crippen LogP contribution in [0.15, 0.2) is 18.2 Å². The largest absolute Gasteiger partial charge is 0.389 e. The van der Waals surface area contributed by atoms with Crippen molar-refractivity contribution in [3.05, 3.63) is 29.6 Å². The molecule has 2 rings (SSSR count). The average molecular weight is 280 g/mol. The molecule has 1 heterocycles. The van der Waals surface area contributed by atoms with Crippen LogP contribution >= 0.6 is 0 Å². The summed E-state index contributed by atoms with van der Waals surface area (Å²) >= 11 is 0. The van der Waals surface area contributed by atoms with E-state index in [1.807, 2.05) is 11.8 Å². The minimum Gasteiger partial charge on any atom is -0.389 e. The van der Waals surface area contributed by atoms with Gasteiger partial charge in [-0.1, -0.05) is 6.07 Å². The van der Waals surface area contributed by atoms with Crippen LogP contribution in [0, 0.1) is 11.7 Å². The maximum atomic E-state index is 14.2. The van der Waals surface area contributed by atoms with E-state index in [9.17, 15) is 14.3 Å². The zero-order valence-corrected chi connectivity index (χ0v) is 11.8. The molecule has 1 fully saturated rings. The van der Waals surface area contributed by atoms with Gasteiger partial charge >= 0.3 is 0 Å². The molecule has 20 heavy (non-hydrogen) atoms. The highest BCUT2D eigenvalue weighted by Gasteiger charge is 2.30. The van der Waals surface area contributed by atoms with Gasteiger partial charge in [-0.25, -0.2) is 4.39 Å². The van der Waals surface area contributed by atoms with Gasteiger partial charge in [-0.3, -0.25) is 4.79 Å². The van der Waals surface area contributed by atoms with E-state index in [1.54, 1.807) is 19.1 Å². The van der Waals surface area contributed by atoms with Crippen LogP contribution in [0.4, 0.5) is 10.1 Å². The number of anilines is 1. The smallest absolute Gasteiger partial charge is 0.222 e. The van der Waals surface area contributed by atoms with Crippen LogP contribution in [0.3, 0.4) is 0 Å². The first kappa shape index (κ1) is 14.8. The molecule has 0 bridgehead atoms. The van der Waals surface area contributed by atoms with Crippen molar-refractivity contribution < 1.29 is 14.3 Å². The summed E-state index contributed by atoms with van der Waals surface area (Å²) < 4.78 is 14.2. The molecule has 1 aliphatic heterocycles. The lowest BCUT2D eigenvalue weighted by Gasteiger charge is -2.38. The molecule has 4 nitrogen and oxygen atoms in total. The quantitative estimate of drug-likeness (QED) is 0.889. The van der Waals surface area contributed by atoms with Crippen LogP contribution in [0.1, 0.15) is 38.4 Å². The van der Waals surface area contributed by atoms with Crippen molar-refractivity contribution in [2.75, 3.05) is 11.4 Å². The van der Waals surface area contributed by atoms with Gasteiger partial charge in [0.25, 0.3) is 0 Å². The van der Waals surface area contributed by atoms with Crippen molar-refractivity contribution in [3.8, 4) is 0 Å². The number of aliphatic hydroxyl groups is 1. The Bertz CT molecular complexity index is 505.